The highest BCUT2D eigenvalue weighted by Gasteiger charge is 2.06. The quantitative estimate of drug-likeness (QED) is 0.744. The highest BCUT2D eigenvalue weighted by molar-refractivity contribution is 5.95. The maximum absolute atomic E-state index is 11.4. The van der Waals surface area contributed by atoms with Crippen molar-refractivity contribution in [3.8, 4) is 17.2 Å². The molecule has 2 aromatic carbocycles. The van der Waals surface area contributed by atoms with Gasteiger partial charge >= 0.3 is 0 Å². The van der Waals surface area contributed by atoms with Crippen molar-refractivity contribution in [3.05, 3.63) is 59.2 Å². The molecule has 2 heteroatoms. The summed E-state index contributed by atoms with van der Waals surface area (Å²) in [6.07, 6.45) is 0. The predicted octanol–water partition coefficient (Wildman–Crippen LogP) is 3.74. The Kier molecular flexibility index (Phi) is 3.25. The second kappa shape index (κ2) is 4.85. The molecule has 0 saturated heterocycles. The molecular formula is C16H13NO. The summed E-state index contributed by atoms with van der Waals surface area (Å²) in [5.41, 5.74) is 4.52. The first-order valence-corrected chi connectivity index (χ1v) is 5.74. The van der Waals surface area contributed by atoms with E-state index in [-0.39, 0.29) is 5.78 Å². The Balaban J connectivity index is 2.52. The Hall–Kier alpha value is -2.40. The fourth-order valence-corrected chi connectivity index (χ4v) is 1.88. The Morgan fingerprint density at radius 1 is 1.11 bits per heavy atom. The molecule has 0 spiro atoms. The average molecular weight is 235 g/mol. The normalized spacial score (nSPS) is 9.83. The van der Waals surface area contributed by atoms with Gasteiger partial charge in [-0.15, -0.1) is 0 Å². The number of hydrogen-bond acceptors (Lipinski definition) is 2. The van der Waals surface area contributed by atoms with Crippen molar-refractivity contribution in [1.82, 2.24) is 0 Å². The zero-order valence-corrected chi connectivity index (χ0v) is 10.4. The summed E-state index contributed by atoms with van der Waals surface area (Å²) < 4.78 is 0. The minimum Gasteiger partial charge on any atom is -0.295 e. The largest absolute Gasteiger partial charge is 0.295 e. The summed E-state index contributed by atoms with van der Waals surface area (Å²) in [5.74, 6) is 0.0601. The van der Waals surface area contributed by atoms with Gasteiger partial charge in [-0.3, -0.25) is 4.79 Å². The van der Waals surface area contributed by atoms with Gasteiger partial charge < -0.3 is 0 Å². The maximum Gasteiger partial charge on any atom is 0.159 e. The average Bonchev–Trinajstić information content (AvgIpc) is 2.39. The molecule has 18 heavy (non-hydrogen) atoms. The van der Waals surface area contributed by atoms with Crippen LogP contribution in [0.2, 0.25) is 0 Å². The van der Waals surface area contributed by atoms with E-state index >= 15 is 0 Å². The molecule has 0 heterocycles. The third-order valence-corrected chi connectivity index (χ3v) is 2.97. The SMILES string of the molecule is CC(=O)c1ccc(C)c(-c2ccc(C#N)cc2)c1. The van der Waals surface area contributed by atoms with Gasteiger partial charge in [0.1, 0.15) is 0 Å². The van der Waals surface area contributed by atoms with Gasteiger partial charge in [-0.1, -0.05) is 24.3 Å². The minimum absolute atomic E-state index is 0.0601. The van der Waals surface area contributed by atoms with Gasteiger partial charge in [0.2, 0.25) is 0 Å². The number of aryl methyl sites for hydroxylation is 1. The Labute approximate surface area is 107 Å². The maximum atomic E-state index is 11.4. The molecule has 2 rings (SSSR count). The predicted molar refractivity (Wildman–Crippen MR) is 71.3 cm³/mol. The van der Waals surface area contributed by atoms with Gasteiger partial charge in [0, 0.05) is 5.56 Å². The molecule has 0 fully saturated rings. The van der Waals surface area contributed by atoms with Crippen molar-refractivity contribution in [2.75, 3.05) is 0 Å². The zero-order valence-electron chi connectivity index (χ0n) is 10.4. The van der Waals surface area contributed by atoms with E-state index in [0.29, 0.717) is 11.1 Å². The molecule has 0 aliphatic rings. The third kappa shape index (κ3) is 2.31. The summed E-state index contributed by atoms with van der Waals surface area (Å²) in [5, 5.41) is 8.78. The lowest BCUT2D eigenvalue weighted by Crippen LogP contribution is -1.94. The van der Waals surface area contributed by atoms with Crippen LogP contribution in [0.5, 0.6) is 0 Å². The second-order valence-corrected chi connectivity index (χ2v) is 4.28. The van der Waals surface area contributed by atoms with Crippen LogP contribution in [0.15, 0.2) is 42.5 Å². The molecule has 0 amide bonds. The molecule has 2 nitrogen and oxygen atoms in total. The fourth-order valence-electron chi connectivity index (χ4n) is 1.88. The van der Waals surface area contributed by atoms with Gasteiger partial charge in [0.25, 0.3) is 0 Å². The van der Waals surface area contributed by atoms with Gasteiger partial charge in [-0.2, -0.15) is 5.26 Å². The lowest BCUT2D eigenvalue weighted by atomic mass is 9.96. The van der Waals surface area contributed by atoms with E-state index in [9.17, 15) is 4.79 Å². The molecule has 0 aliphatic carbocycles. The lowest BCUT2D eigenvalue weighted by molar-refractivity contribution is 0.101. The number of Topliss-reactive ketones (excluding diaryl/α,β-unsaturated/α-hetero) is 1. The van der Waals surface area contributed by atoms with E-state index in [1.165, 1.54) is 0 Å². The lowest BCUT2D eigenvalue weighted by Gasteiger charge is -2.08. The van der Waals surface area contributed by atoms with E-state index in [1.807, 2.05) is 37.3 Å². The number of benzene rings is 2. The van der Waals surface area contributed by atoms with E-state index in [4.69, 9.17) is 5.26 Å². The molecule has 0 atom stereocenters. The molecule has 0 bridgehead atoms. The second-order valence-electron chi connectivity index (χ2n) is 4.28. The number of rotatable bonds is 2. The number of nitriles is 1. The van der Waals surface area contributed by atoms with Crippen LogP contribution >= 0.6 is 0 Å². The topological polar surface area (TPSA) is 40.9 Å². The van der Waals surface area contributed by atoms with Gasteiger partial charge in [-0.05, 0) is 48.7 Å². The summed E-state index contributed by atoms with van der Waals surface area (Å²) in [6.45, 7) is 3.57. The minimum atomic E-state index is 0.0601. The molecule has 0 saturated carbocycles. The third-order valence-electron chi connectivity index (χ3n) is 2.97. The van der Waals surface area contributed by atoms with Gasteiger partial charge in [0.15, 0.2) is 5.78 Å². The van der Waals surface area contributed by atoms with Crippen molar-refractivity contribution in [3.63, 3.8) is 0 Å². The van der Waals surface area contributed by atoms with Crippen molar-refractivity contribution >= 4 is 5.78 Å². The molecule has 0 N–H and O–H groups in total. The number of hydrogen-bond donors (Lipinski definition) is 0. The highest BCUT2D eigenvalue weighted by atomic mass is 16.1. The van der Waals surface area contributed by atoms with E-state index in [2.05, 4.69) is 6.07 Å². The Morgan fingerprint density at radius 3 is 2.33 bits per heavy atom. The van der Waals surface area contributed by atoms with Crippen LogP contribution in [0.1, 0.15) is 28.4 Å². The van der Waals surface area contributed by atoms with Crippen molar-refractivity contribution < 1.29 is 4.79 Å². The number of carbonyl (C=O) groups is 1. The summed E-state index contributed by atoms with van der Waals surface area (Å²) in [6, 6.07) is 15.2. The smallest absolute Gasteiger partial charge is 0.159 e. The molecule has 0 unspecified atom stereocenters. The zero-order chi connectivity index (χ0) is 13.1. The van der Waals surface area contributed by atoms with Crippen molar-refractivity contribution in [2.45, 2.75) is 13.8 Å². The van der Waals surface area contributed by atoms with Gasteiger partial charge in [-0.25, -0.2) is 0 Å². The van der Waals surface area contributed by atoms with Crippen LogP contribution in [0.4, 0.5) is 0 Å². The fraction of sp³-hybridized carbons (Fsp3) is 0.125. The van der Waals surface area contributed by atoms with Crippen molar-refractivity contribution in [2.24, 2.45) is 0 Å². The first kappa shape index (κ1) is 12.1. The van der Waals surface area contributed by atoms with E-state index in [1.54, 1.807) is 19.1 Å². The number of carbonyl (C=O) groups excluding carboxylic acids is 1. The van der Waals surface area contributed by atoms with Crippen LogP contribution in [0, 0.1) is 18.3 Å². The molecule has 0 aromatic heterocycles. The molecule has 2 aromatic rings. The summed E-state index contributed by atoms with van der Waals surface area (Å²) in [4.78, 5) is 11.4. The Bertz CT molecular complexity index is 633. The summed E-state index contributed by atoms with van der Waals surface area (Å²) >= 11 is 0. The number of ketones is 1. The highest BCUT2D eigenvalue weighted by Crippen LogP contribution is 2.25. The molecule has 0 aliphatic heterocycles. The standard InChI is InChI=1S/C16H13NO/c1-11-3-6-15(12(2)18)9-16(11)14-7-4-13(10-17)5-8-14/h3-9H,1-2H3. The van der Waals surface area contributed by atoms with Crippen LogP contribution in [-0.2, 0) is 0 Å². The van der Waals surface area contributed by atoms with Crippen LogP contribution < -0.4 is 0 Å². The van der Waals surface area contributed by atoms with Crippen LogP contribution in [0.3, 0.4) is 0 Å². The van der Waals surface area contributed by atoms with Crippen LogP contribution in [0.25, 0.3) is 11.1 Å². The first-order chi connectivity index (χ1) is 8.61. The monoisotopic (exact) mass is 235 g/mol. The van der Waals surface area contributed by atoms with Crippen molar-refractivity contribution in [1.29, 1.82) is 5.26 Å². The van der Waals surface area contributed by atoms with E-state index < -0.39 is 0 Å². The molecule has 88 valence electrons. The van der Waals surface area contributed by atoms with Gasteiger partial charge in [0.05, 0.1) is 11.6 Å². The number of nitrogens with zero attached hydrogens (tertiary/aromatic N) is 1. The van der Waals surface area contributed by atoms with Crippen LogP contribution in [-0.4, -0.2) is 5.78 Å². The summed E-state index contributed by atoms with van der Waals surface area (Å²) in [7, 11) is 0. The Morgan fingerprint density at radius 2 is 1.78 bits per heavy atom. The first-order valence-electron chi connectivity index (χ1n) is 5.74. The molecular weight excluding hydrogens is 222 g/mol. The molecule has 0 radical (unpaired) electrons. The van der Waals surface area contributed by atoms with E-state index in [0.717, 1.165) is 16.7 Å².